The molecule has 3 aromatic rings. The van der Waals surface area contributed by atoms with Gasteiger partial charge in [-0.05, 0) is 41.5 Å². The third-order valence-corrected chi connectivity index (χ3v) is 8.05. The van der Waals surface area contributed by atoms with Crippen LogP contribution in [0.5, 0.6) is 0 Å². The van der Waals surface area contributed by atoms with Crippen molar-refractivity contribution in [1.82, 2.24) is 19.1 Å². The number of carbonyl (C=O) groups excluding carboxylic acids is 1. The van der Waals surface area contributed by atoms with Crippen molar-refractivity contribution < 1.29 is 13.2 Å². The summed E-state index contributed by atoms with van der Waals surface area (Å²) in [4.78, 5) is 17.2. The molecule has 8 nitrogen and oxygen atoms in total. The van der Waals surface area contributed by atoms with Crippen molar-refractivity contribution in [2.75, 3.05) is 18.4 Å². The van der Waals surface area contributed by atoms with Crippen molar-refractivity contribution in [3.8, 4) is 0 Å². The summed E-state index contributed by atoms with van der Waals surface area (Å²) in [6.07, 6.45) is 2.49. The van der Waals surface area contributed by atoms with Crippen LogP contribution in [-0.2, 0) is 26.8 Å². The van der Waals surface area contributed by atoms with Crippen molar-refractivity contribution in [1.29, 1.82) is 0 Å². The average molecular weight is 482 g/mol. The molecule has 1 aliphatic rings. The van der Waals surface area contributed by atoms with Gasteiger partial charge in [0.1, 0.15) is 6.33 Å². The van der Waals surface area contributed by atoms with Crippen LogP contribution in [0.25, 0.3) is 0 Å². The van der Waals surface area contributed by atoms with Crippen LogP contribution in [0.15, 0.2) is 65.8 Å². The monoisotopic (exact) mass is 481 g/mol. The van der Waals surface area contributed by atoms with E-state index in [0.717, 1.165) is 11.1 Å². The summed E-state index contributed by atoms with van der Waals surface area (Å²) >= 11 is 0. The Bertz CT molecular complexity index is 1220. The summed E-state index contributed by atoms with van der Waals surface area (Å²) in [6, 6.07) is 17.0. The highest BCUT2D eigenvalue weighted by atomic mass is 32.2. The van der Waals surface area contributed by atoms with Gasteiger partial charge in [0, 0.05) is 19.0 Å². The fourth-order valence-corrected chi connectivity index (χ4v) is 5.51. The Morgan fingerprint density at radius 2 is 1.68 bits per heavy atom. The highest BCUT2D eigenvalue weighted by Gasteiger charge is 2.32. The van der Waals surface area contributed by atoms with E-state index >= 15 is 0 Å². The standard InChI is InChI=1S/C25H31N5O3S/c1-25(2,3)21-9-11-22(12-10-21)34(32,33)30-15-13-20(14-16-30)23(31)27-24-26-18-29(28-24)17-19-7-5-4-6-8-19/h4-12,18,20H,13-17H2,1-3H3,(H,27,28,31). The van der Waals surface area contributed by atoms with Crippen LogP contribution in [0.1, 0.15) is 44.7 Å². The summed E-state index contributed by atoms with van der Waals surface area (Å²) in [5.74, 6) is -0.199. The third-order valence-electron chi connectivity index (χ3n) is 6.14. The van der Waals surface area contributed by atoms with Gasteiger partial charge in [-0.25, -0.2) is 18.1 Å². The van der Waals surface area contributed by atoms with Crippen LogP contribution in [-0.4, -0.2) is 46.5 Å². The molecule has 1 amide bonds. The van der Waals surface area contributed by atoms with Gasteiger partial charge in [0.05, 0.1) is 11.4 Å². The summed E-state index contributed by atoms with van der Waals surface area (Å²) in [7, 11) is -3.59. The summed E-state index contributed by atoms with van der Waals surface area (Å²) in [6.45, 7) is 7.45. The van der Waals surface area contributed by atoms with Crippen LogP contribution < -0.4 is 5.32 Å². The van der Waals surface area contributed by atoms with Gasteiger partial charge in [-0.3, -0.25) is 10.1 Å². The first kappa shape index (κ1) is 24.1. The van der Waals surface area contributed by atoms with Crippen LogP contribution >= 0.6 is 0 Å². The van der Waals surface area contributed by atoms with E-state index in [1.165, 1.54) is 4.31 Å². The molecule has 1 saturated heterocycles. The van der Waals surface area contributed by atoms with Crippen LogP contribution in [0.2, 0.25) is 0 Å². The van der Waals surface area contributed by atoms with Crippen LogP contribution in [0.4, 0.5) is 5.95 Å². The third kappa shape index (κ3) is 5.53. The molecule has 0 bridgehead atoms. The molecule has 9 heteroatoms. The lowest BCUT2D eigenvalue weighted by molar-refractivity contribution is -0.121. The largest absolute Gasteiger partial charge is 0.293 e. The lowest BCUT2D eigenvalue weighted by Crippen LogP contribution is -2.41. The minimum absolute atomic E-state index is 0.0414. The number of hydrogen-bond donors (Lipinski definition) is 1. The minimum atomic E-state index is -3.59. The predicted molar refractivity (Wildman–Crippen MR) is 131 cm³/mol. The molecule has 0 unspecified atom stereocenters. The number of benzene rings is 2. The Hall–Kier alpha value is -3.04. The van der Waals surface area contributed by atoms with E-state index in [1.807, 2.05) is 42.5 Å². The topological polar surface area (TPSA) is 97.2 Å². The smallest absolute Gasteiger partial charge is 0.248 e. The molecule has 0 atom stereocenters. The molecule has 0 aliphatic carbocycles. The molecule has 1 aliphatic heterocycles. The molecule has 2 aromatic carbocycles. The van der Waals surface area contributed by atoms with Gasteiger partial charge in [-0.1, -0.05) is 63.2 Å². The molecule has 2 heterocycles. The molecule has 180 valence electrons. The Balaban J connectivity index is 1.32. The molecular weight excluding hydrogens is 450 g/mol. The number of aromatic nitrogens is 3. The van der Waals surface area contributed by atoms with E-state index in [1.54, 1.807) is 23.1 Å². The molecule has 1 N–H and O–H groups in total. The van der Waals surface area contributed by atoms with E-state index in [9.17, 15) is 13.2 Å². The minimum Gasteiger partial charge on any atom is -0.293 e. The highest BCUT2D eigenvalue weighted by molar-refractivity contribution is 7.89. The first-order valence-electron chi connectivity index (χ1n) is 11.5. The molecule has 0 radical (unpaired) electrons. The second kappa shape index (κ2) is 9.68. The zero-order valence-electron chi connectivity index (χ0n) is 19.8. The van der Waals surface area contributed by atoms with Crippen LogP contribution in [0.3, 0.4) is 0 Å². The maximum atomic E-state index is 13.1. The molecule has 4 rings (SSSR count). The van der Waals surface area contributed by atoms with E-state index in [-0.39, 0.29) is 28.1 Å². The molecule has 1 aromatic heterocycles. The van der Waals surface area contributed by atoms with E-state index in [4.69, 9.17) is 0 Å². The predicted octanol–water partition coefficient (Wildman–Crippen LogP) is 3.66. The van der Waals surface area contributed by atoms with Gasteiger partial charge in [-0.2, -0.15) is 4.31 Å². The number of piperidine rings is 1. The number of carbonyl (C=O) groups is 1. The number of sulfonamides is 1. The number of hydrogen-bond acceptors (Lipinski definition) is 5. The maximum absolute atomic E-state index is 13.1. The SMILES string of the molecule is CC(C)(C)c1ccc(S(=O)(=O)N2CCC(C(=O)Nc3ncn(Cc4ccccc4)n3)CC2)cc1. The average Bonchev–Trinajstić information content (AvgIpc) is 3.26. The fraction of sp³-hybridized carbons (Fsp3) is 0.400. The van der Waals surface area contributed by atoms with Crippen molar-refractivity contribution in [3.05, 3.63) is 72.1 Å². The van der Waals surface area contributed by atoms with Gasteiger partial charge < -0.3 is 0 Å². The second-order valence-electron chi connectivity index (χ2n) is 9.69. The Labute approximate surface area is 201 Å². The Morgan fingerprint density at radius 1 is 1.03 bits per heavy atom. The molecule has 34 heavy (non-hydrogen) atoms. The Kier molecular flexibility index (Phi) is 6.86. The Morgan fingerprint density at radius 3 is 2.29 bits per heavy atom. The van der Waals surface area contributed by atoms with Crippen molar-refractivity contribution in [2.24, 2.45) is 5.92 Å². The van der Waals surface area contributed by atoms with Crippen molar-refractivity contribution in [2.45, 2.75) is 50.5 Å². The zero-order chi connectivity index (χ0) is 24.3. The van der Waals surface area contributed by atoms with E-state index in [0.29, 0.717) is 32.5 Å². The summed E-state index contributed by atoms with van der Waals surface area (Å²) < 4.78 is 29.3. The molecular formula is C25H31N5O3S. The maximum Gasteiger partial charge on any atom is 0.248 e. The number of amides is 1. The fourth-order valence-electron chi connectivity index (χ4n) is 4.05. The van der Waals surface area contributed by atoms with Gasteiger partial charge in [0.15, 0.2) is 0 Å². The number of anilines is 1. The van der Waals surface area contributed by atoms with E-state index < -0.39 is 10.0 Å². The number of rotatable bonds is 6. The quantitative estimate of drug-likeness (QED) is 0.579. The molecule has 0 saturated carbocycles. The van der Waals surface area contributed by atoms with Gasteiger partial charge in [0.2, 0.25) is 21.9 Å². The lowest BCUT2D eigenvalue weighted by Gasteiger charge is -2.30. The summed E-state index contributed by atoms with van der Waals surface area (Å²) in [5.41, 5.74) is 2.13. The zero-order valence-corrected chi connectivity index (χ0v) is 20.6. The van der Waals surface area contributed by atoms with Gasteiger partial charge in [-0.15, -0.1) is 5.10 Å². The molecule has 1 fully saturated rings. The highest BCUT2D eigenvalue weighted by Crippen LogP contribution is 2.27. The van der Waals surface area contributed by atoms with Gasteiger partial charge >= 0.3 is 0 Å². The van der Waals surface area contributed by atoms with Crippen LogP contribution in [0, 0.1) is 5.92 Å². The first-order chi connectivity index (χ1) is 16.1. The normalized spacial score (nSPS) is 15.9. The second-order valence-corrected chi connectivity index (χ2v) is 11.6. The van der Waals surface area contributed by atoms with Crippen molar-refractivity contribution in [3.63, 3.8) is 0 Å². The number of nitrogens with one attached hydrogen (secondary N) is 1. The molecule has 0 spiro atoms. The van der Waals surface area contributed by atoms with E-state index in [2.05, 4.69) is 36.2 Å². The first-order valence-corrected chi connectivity index (χ1v) is 12.9. The lowest BCUT2D eigenvalue weighted by atomic mass is 9.87. The van der Waals surface area contributed by atoms with Gasteiger partial charge in [0.25, 0.3) is 0 Å². The number of nitrogens with zero attached hydrogens (tertiary/aromatic N) is 4. The van der Waals surface area contributed by atoms with Crippen molar-refractivity contribution >= 4 is 21.9 Å². The summed E-state index contributed by atoms with van der Waals surface area (Å²) in [5, 5.41) is 7.10.